The number of nitrogens with zero attached hydrogens (tertiary/aromatic N) is 2. The number of para-hydroxylation sites is 1. The molecule has 0 radical (unpaired) electrons. The van der Waals surface area contributed by atoms with Gasteiger partial charge >= 0.3 is 5.97 Å². The van der Waals surface area contributed by atoms with Crippen LogP contribution in [0.3, 0.4) is 0 Å². The average Bonchev–Trinajstić information content (AvgIpc) is 3.52. The second-order valence-electron chi connectivity index (χ2n) is 8.84. The van der Waals surface area contributed by atoms with E-state index in [1.165, 1.54) is 13.2 Å². The minimum absolute atomic E-state index is 0.123. The Morgan fingerprint density at radius 2 is 1.94 bits per heavy atom. The second kappa shape index (κ2) is 6.88. The molecule has 2 aromatic carbocycles. The van der Waals surface area contributed by atoms with Crippen molar-refractivity contribution in [2.45, 2.75) is 24.4 Å². The third kappa shape index (κ3) is 2.40. The number of fused-ring (bicyclic) bond motifs is 7. The first-order valence-corrected chi connectivity index (χ1v) is 11.2. The Bertz CT molecular complexity index is 1260. The van der Waals surface area contributed by atoms with Crippen molar-refractivity contribution in [1.29, 1.82) is 0 Å². The summed E-state index contributed by atoms with van der Waals surface area (Å²) >= 11 is 6.31. The molecule has 1 N–H and O–H groups in total. The van der Waals surface area contributed by atoms with Crippen LogP contribution in [0.25, 0.3) is 0 Å². The van der Waals surface area contributed by atoms with E-state index in [-0.39, 0.29) is 23.2 Å². The van der Waals surface area contributed by atoms with E-state index in [1.54, 1.807) is 36.4 Å². The lowest BCUT2D eigenvalue weighted by Gasteiger charge is -2.36. The van der Waals surface area contributed by atoms with Crippen LogP contribution in [0.5, 0.6) is 0 Å². The second-order valence-corrected chi connectivity index (χ2v) is 9.27. The highest BCUT2D eigenvalue weighted by molar-refractivity contribution is 6.31. The number of benzene rings is 2. The molecule has 3 saturated heterocycles. The van der Waals surface area contributed by atoms with Gasteiger partial charge in [-0.05, 0) is 49.7 Å². The van der Waals surface area contributed by atoms with E-state index in [9.17, 15) is 19.2 Å². The van der Waals surface area contributed by atoms with Crippen LogP contribution in [0, 0.1) is 11.8 Å². The maximum absolute atomic E-state index is 14.0. The Morgan fingerprint density at radius 1 is 1.15 bits per heavy atom. The van der Waals surface area contributed by atoms with Gasteiger partial charge in [0.1, 0.15) is 5.54 Å². The first-order valence-electron chi connectivity index (χ1n) is 10.8. The summed E-state index contributed by atoms with van der Waals surface area (Å²) in [6, 6.07) is 11.3. The molecule has 6 rings (SSSR count). The van der Waals surface area contributed by atoms with Gasteiger partial charge in [-0.25, -0.2) is 9.69 Å². The Morgan fingerprint density at radius 3 is 2.73 bits per heavy atom. The number of amides is 3. The minimum Gasteiger partial charge on any atom is -0.465 e. The zero-order valence-electron chi connectivity index (χ0n) is 17.7. The fraction of sp³-hybridized carbons (Fsp3) is 0.333. The van der Waals surface area contributed by atoms with E-state index < -0.39 is 35.2 Å². The molecule has 4 aliphatic heterocycles. The van der Waals surface area contributed by atoms with Gasteiger partial charge in [-0.3, -0.25) is 19.3 Å². The summed E-state index contributed by atoms with van der Waals surface area (Å²) in [4.78, 5) is 56.9. The van der Waals surface area contributed by atoms with E-state index in [4.69, 9.17) is 16.3 Å². The topological polar surface area (TPSA) is 96.0 Å². The average molecular weight is 466 g/mol. The van der Waals surface area contributed by atoms with Crippen LogP contribution < -0.4 is 10.2 Å². The summed E-state index contributed by atoms with van der Waals surface area (Å²) in [6.45, 7) is 0.607. The highest BCUT2D eigenvalue weighted by Crippen LogP contribution is 2.61. The number of carbonyl (C=O) groups excluding carboxylic acids is 4. The number of hydrogen-bond donors (Lipinski definition) is 1. The number of halogens is 1. The quantitative estimate of drug-likeness (QED) is 0.541. The molecule has 1 spiro atoms. The molecule has 0 unspecified atom stereocenters. The summed E-state index contributed by atoms with van der Waals surface area (Å²) in [5.41, 5.74) is 0.220. The van der Waals surface area contributed by atoms with Gasteiger partial charge in [0.05, 0.1) is 30.2 Å². The maximum Gasteiger partial charge on any atom is 0.339 e. The molecule has 33 heavy (non-hydrogen) atoms. The van der Waals surface area contributed by atoms with Crippen molar-refractivity contribution in [3.05, 3.63) is 58.6 Å². The summed E-state index contributed by atoms with van der Waals surface area (Å²) in [7, 11) is 1.25. The predicted molar refractivity (Wildman–Crippen MR) is 119 cm³/mol. The van der Waals surface area contributed by atoms with Crippen molar-refractivity contribution in [3.8, 4) is 0 Å². The molecule has 4 atom stereocenters. The number of nitrogens with one attached hydrogen (secondary N) is 1. The zero-order valence-corrected chi connectivity index (χ0v) is 18.5. The third-order valence-corrected chi connectivity index (χ3v) is 7.74. The molecular formula is C24H20ClN3O5. The Labute approximate surface area is 194 Å². The molecule has 0 aromatic heterocycles. The fourth-order valence-corrected chi connectivity index (χ4v) is 6.54. The van der Waals surface area contributed by atoms with Crippen molar-refractivity contribution in [2.24, 2.45) is 11.8 Å². The first kappa shape index (κ1) is 20.4. The highest BCUT2D eigenvalue weighted by atomic mass is 35.5. The molecule has 3 fully saturated rings. The maximum atomic E-state index is 14.0. The van der Waals surface area contributed by atoms with Gasteiger partial charge in [0, 0.05) is 22.3 Å². The molecule has 0 saturated carbocycles. The number of rotatable bonds is 2. The lowest BCUT2D eigenvalue weighted by atomic mass is 9.75. The summed E-state index contributed by atoms with van der Waals surface area (Å²) < 4.78 is 4.87. The van der Waals surface area contributed by atoms with Crippen molar-refractivity contribution >= 4 is 46.7 Å². The van der Waals surface area contributed by atoms with E-state index in [2.05, 4.69) is 5.32 Å². The Balaban J connectivity index is 1.55. The van der Waals surface area contributed by atoms with Crippen LogP contribution in [0.1, 0.15) is 28.8 Å². The standard InChI is InChI=1S/C24H20ClN3O5/c1-33-22(31)13-5-2-3-6-16(13)28-20(29)18-17-7-4-10-27(17)24(19(18)21(28)30)14-11-12(25)8-9-15(14)26-23(24)32/h2-3,5-6,8-9,11,17-19H,4,7,10H2,1H3,(H,26,32)/t17-,18+,19+,24+/m1/s1. The predicted octanol–water partition coefficient (Wildman–Crippen LogP) is 2.56. The fourth-order valence-electron chi connectivity index (χ4n) is 6.36. The van der Waals surface area contributed by atoms with Gasteiger partial charge in [0.2, 0.25) is 17.7 Å². The molecule has 4 aliphatic rings. The Kier molecular flexibility index (Phi) is 4.25. The van der Waals surface area contributed by atoms with Crippen molar-refractivity contribution < 1.29 is 23.9 Å². The van der Waals surface area contributed by atoms with Crippen molar-refractivity contribution in [3.63, 3.8) is 0 Å². The number of hydrogen-bond acceptors (Lipinski definition) is 6. The molecule has 2 aromatic rings. The number of methoxy groups -OCH3 is 1. The van der Waals surface area contributed by atoms with E-state index >= 15 is 0 Å². The van der Waals surface area contributed by atoms with Crippen LogP contribution in [0.4, 0.5) is 11.4 Å². The Hall–Kier alpha value is -3.23. The molecule has 9 heteroatoms. The normalized spacial score (nSPS) is 29.9. The molecule has 8 nitrogen and oxygen atoms in total. The molecule has 168 valence electrons. The van der Waals surface area contributed by atoms with Crippen molar-refractivity contribution in [1.82, 2.24) is 4.90 Å². The minimum atomic E-state index is -1.31. The number of carbonyl (C=O) groups is 4. The molecule has 0 aliphatic carbocycles. The van der Waals surface area contributed by atoms with E-state index in [0.29, 0.717) is 29.2 Å². The number of imide groups is 1. The molecule has 3 amide bonds. The lowest BCUT2D eigenvalue weighted by molar-refractivity contribution is -0.135. The third-order valence-electron chi connectivity index (χ3n) is 7.50. The van der Waals surface area contributed by atoms with Gasteiger partial charge in [-0.15, -0.1) is 0 Å². The highest BCUT2D eigenvalue weighted by Gasteiger charge is 2.74. The summed E-state index contributed by atoms with van der Waals surface area (Å²) in [5, 5.41) is 3.37. The number of anilines is 2. The first-order chi connectivity index (χ1) is 15.9. The van der Waals surface area contributed by atoms with E-state index in [0.717, 1.165) is 11.3 Å². The zero-order chi connectivity index (χ0) is 23.1. The number of ether oxygens (including phenoxy) is 1. The monoisotopic (exact) mass is 465 g/mol. The van der Waals surface area contributed by atoms with Crippen LogP contribution in [0.15, 0.2) is 42.5 Å². The lowest BCUT2D eigenvalue weighted by Crippen LogP contribution is -2.54. The smallest absolute Gasteiger partial charge is 0.339 e. The largest absolute Gasteiger partial charge is 0.465 e. The molecule has 4 heterocycles. The van der Waals surface area contributed by atoms with Gasteiger partial charge in [0.15, 0.2) is 0 Å². The molecule has 0 bridgehead atoms. The number of esters is 1. The van der Waals surface area contributed by atoms with Crippen LogP contribution >= 0.6 is 11.6 Å². The van der Waals surface area contributed by atoms with Gasteiger partial charge in [-0.1, -0.05) is 23.7 Å². The summed E-state index contributed by atoms with van der Waals surface area (Å²) in [5.74, 6) is -3.45. The van der Waals surface area contributed by atoms with Crippen LogP contribution in [-0.2, 0) is 24.7 Å². The van der Waals surface area contributed by atoms with Crippen LogP contribution in [-0.4, -0.2) is 48.3 Å². The van der Waals surface area contributed by atoms with Crippen molar-refractivity contribution in [2.75, 3.05) is 23.9 Å². The van der Waals surface area contributed by atoms with Gasteiger partial charge < -0.3 is 10.1 Å². The van der Waals surface area contributed by atoms with E-state index in [1.807, 2.05) is 4.90 Å². The molecular weight excluding hydrogens is 446 g/mol. The van der Waals surface area contributed by atoms with Gasteiger partial charge in [-0.2, -0.15) is 0 Å². The SMILES string of the molecule is COC(=O)c1ccccc1N1C(=O)[C@H]2[C@H]3CCCN3[C@]3(C(=O)Nc4ccc(Cl)cc43)[C@@H]2C1=O. The van der Waals surface area contributed by atoms with Crippen LogP contribution in [0.2, 0.25) is 5.02 Å². The summed E-state index contributed by atoms with van der Waals surface area (Å²) in [6.07, 6.45) is 1.52. The van der Waals surface area contributed by atoms with Gasteiger partial charge in [0.25, 0.3) is 0 Å².